The third kappa shape index (κ3) is 1.83. The molecule has 17 heavy (non-hydrogen) atoms. The Morgan fingerprint density at radius 1 is 1.47 bits per heavy atom. The number of aromatic nitrogens is 3. The average Bonchev–Trinajstić information content (AvgIpc) is 2.92. The highest BCUT2D eigenvalue weighted by molar-refractivity contribution is 9.10. The first-order chi connectivity index (χ1) is 8.16. The van der Waals surface area contributed by atoms with E-state index in [9.17, 15) is 5.11 Å². The summed E-state index contributed by atoms with van der Waals surface area (Å²) in [4.78, 5) is 0.915. The topological polar surface area (TPSA) is 50.9 Å². The van der Waals surface area contributed by atoms with E-state index in [4.69, 9.17) is 0 Å². The van der Waals surface area contributed by atoms with Crippen molar-refractivity contribution in [1.29, 1.82) is 0 Å². The van der Waals surface area contributed by atoms with Crippen molar-refractivity contribution in [3.05, 3.63) is 32.7 Å². The predicted octanol–water partition coefficient (Wildman–Crippen LogP) is 2.94. The van der Waals surface area contributed by atoms with Crippen LogP contribution < -0.4 is 0 Å². The largest absolute Gasteiger partial charge is 0.381 e. The maximum atomic E-state index is 10.3. The molecule has 0 aliphatic rings. The lowest BCUT2D eigenvalue weighted by atomic mass is 10.2. The molecule has 3 aromatic heterocycles. The minimum absolute atomic E-state index is 0.587. The van der Waals surface area contributed by atoms with Crippen molar-refractivity contribution in [3.63, 3.8) is 0 Å². The zero-order chi connectivity index (χ0) is 12.0. The Morgan fingerprint density at radius 2 is 2.29 bits per heavy atom. The molecule has 3 rings (SSSR count). The Morgan fingerprint density at radius 3 is 2.94 bits per heavy atom. The normalized spacial score (nSPS) is 13.4. The van der Waals surface area contributed by atoms with Crippen LogP contribution in [0.5, 0.6) is 0 Å². The number of aliphatic hydroxyl groups is 1. The predicted molar refractivity (Wildman–Crippen MR) is 72.5 cm³/mol. The third-order valence-electron chi connectivity index (χ3n) is 2.51. The van der Waals surface area contributed by atoms with Gasteiger partial charge in [-0.2, -0.15) is 0 Å². The lowest BCUT2D eigenvalue weighted by Gasteiger charge is -2.08. The second kappa shape index (κ2) is 4.16. The van der Waals surface area contributed by atoms with Crippen LogP contribution in [0.15, 0.2) is 22.1 Å². The van der Waals surface area contributed by atoms with Crippen molar-refractivity contribution in [2.24, 2.45) is 7.05 Å². The fraction of sp³-hybridized carbons (Fsp3) is 0.200. The van der Waals surface area contributed by atoms with Gasteiger partial charge in [0.25, 0.3) is 0 Å². The lowest BCUT2D eigenvalue weighted by Crippen LogP contribution is -2.05. The summed E-state index contributed by atoms with van der Waals surface area (Å²) in [6.45, 7) is 0. The van der Waals surface area contributed by atoms with Gasteiger partial charge >= 0.3 is 0 Å². The zero-order valence-electron chi connectivity index (χ0n) is 8.79. The van der Waals surface area contributed by atoms with Crippen molar-refractivity contribution in [3.8, 4) is 0 Å². The van der Waals surface area contributed by atoms with E-state index >= 15 is 0 Å². The van der Waals surface area contributed by atoms with E-state index in [1.165, 1.54) is 9.40 Å². The molecule has 4 nitrogen and oxygen atoms in total. The van der Waals surface area contributed by atoms with Gasteiger partial charge in [-0.3, -0.25) is 0 Å². The molecule has 0 aliphatic heterocycles. The first kappa shape index (κ1) is 11.3. The summed E-state index contributed by atoms with van der Waals surface area (Å²) in [7, 11) is 1.77. The number of halogens is 1. The van der Waals surface area contributed by atoms with Crippen molar-refractivity contribution in [2.45, 2.75) is 6.10 Å². The molecule has 3 heterocycles. The molecule has 0 saturated heterocycles. The number of nitrogens with zero attached hydrogens (tertiary/aromatic N) is 3. The van der Waals surface area contributed by atoms with Gasteiger partial charge in [-0.1, -0.05) is 5.21 Å². The second-order valence-electron chi connectivity index (χ2n) is 3.59. The monoisotopic (exact) mass is 329 g/mol. The Balaban J connectivity index is 2.07. The molecule has 0 aromatic carbocycles. The molecule has 3 aromatic rings. The average molecular weight is 330 g/mol. The summed E-state index contributed by atoms with van der Waals surface area (Å²) in [6, 6.07) is 4.09. The Labute approximate surface area is 114 Å². The lowest BCUT2D eigenvalue weighted by molar-refractivity contribution is 0.213. The summed E-state index contributed by atoms with van der Waals surface area (Å²) in [5.74, 6) is 0. The molecule has 1 atom stereocenters. The molecule has 7 heteroatoms. The molecule has 0 bridgehead atoms. The van der Waals surface area contributed by atoms with Crippen molar-refractivity contribution in [2.75, 3.05) is 0 Å². The summed E-state index contributed by atoms with van der Waals surface area (Å²) in [6.07, 6.45) is -0.686. The minimum Gasteiger partial charge on any atom is -0.381 e. The SMILES string of the molecule is Cn1nnc(Br)c1C(O)c1cc2sccc2s1. The highest BCUT2D eigenvalue weighted by atomic mass is 79.9. The standard InChI is InChI=1S/C10H8BrN3OS2/c1-14-8(10(11)12-13-14)9(15)7-4-6-5(17-7)2-3-16-6/h2-4,9,15H,1H3. The van der Waals surface area contributed by atoms with E-state index in [2.05, 4.69) is 37.7 Å². The maximum absolute atomic E-state index is 10.3. The van der Waals surface area contributed by atoms with Crippen LogP contribution in [0.4, 0.5) is 0 Å². The Kier molecular flexibility index (Phi) is 2.78. The quantitative estimate of drug-likeness (QED) is 0.786. The molecular weight excluding hydrogens is 322 g/mol. The van der Waals surface area contributed by atoms with Crippen molar-refractivity contribution < 1.29 is 5.11 Å². The van der Waals surface area contributed by atoms with Gasteiger partial charge in [-0.25, -0.2) is 4.68 Å². The number of rotatable bonds is 2. The number of fused-ring (bicyclic) bond motifs is 1. The molecule has 0 fully saturated rings. The van der Waals surface area contributed by atoms with Crippen LogP contribution in [-0.4, -0.2) is 20.1 Å². The van der Waals surface area contributed by atoms with Crippen molar-refractivity contribution >= 4 is 48.0 Å². The van der Waals surface area contributed by atoms with Crippen LogP contribution in [0, 0.1) is 0 Å². The van der Waals surface area contributed by atoms with Crippen LogP contribution in [0.25, 0.3) is 9.40 Å². The molecule has 0 spiro atoms. The smallest absolute Gasteiger partial charge is 0.154 e. The van der Waals surface area contributed by atoms with Gasteiger partial charge in [-0.15, -0.1) is 27.8 Å². The van der Waals surface area contributed by atoms with Gasteiger partial charge in [0, 0.05) is 21.3 Å². The first-order valence-electron chi connectivity index (χ1n) is 4.87. The molecule has 1 N–H and O–H groups in total. The van der Waals surface area contributed by atoms with Crippen LogP contribution in [0.2, 0.25) is 0 Å². The number of aryl methyl sites for hydroxylation is 1. The van der Waals surface area contributed by atoms with Crippen LogP contribution >= 0.6 is 38.6 Å². The highest BCUT2D eigenvalue weighted by Crippen LogP contribution is 2.36. The first-order valence-corrected chi connectivity index (χ1v) is 7.36. The summed E-state index contributed by atoms with van der Waals surface area (Å²) >= 11 is 6.58. The van der Waals surface area contributed by atoms with Crippen LogP contribution in [-0.2, 0) is 7.05 Å². The summed E-state index contributed by atoms with van der Waals surface area (Å²) < 4.78 is 4.58. The third-order valence-corrected chi connectivity index (χ3v) is 5.22. The van der Waals surface area contributed by atoms with Crippen LogP contribution in [0.1, 0.15) is 16.7 Å². The van der Waals surface area contributed by atoms with Gasteiger partial charge in [-0.05, 0) is 33.4 Å². The number of hydrogen-bond donors (Lipinski definition) is 1. The second-order valence-corrected chi connectivity index (χ2v) is 6.40. The molecule has 1 unspecified atom stereocenters. The van der Waals surface area contributed by atoms with E-state index in [-0.39, 0.29) is 0 Å². The molecular formula is C10H8BrN3OS2. The van der Waals surface area contributed by atoms with Crippen molar-refractivity contribution in [1.82, 2.24) is 15.0 Å². The molecule has 0 radical (unpaired) electrons. The molecule has 0 amide bonds. The fourth-order valence-electron chi connectivity index (χ4n) is 1.68. The molecule has 0 saturated carbocycles. The zero-order valence-corrected chi connectivity index (χ0v) is 12.0. The van der Waals surface area contributed by atoms with Gasteiger partial charge in [0.1, 0.15) is 11.8 Å². The van der Waals surface area contributed by atoms with Gasteiger partial charge in [0.05, 0.1) is 0 Å². The number of aliphatic hydroxyl groups excluding tert-OH is 1. The summed E-state index contributed by atoms with van der Waals surface area (Å²) in [5, 5.41) is 20.2. The summed E-state index contributed by atoms with van der Waals surface area (Å²) in [5.41, 5.74) is 0.680. The highest BCUT2D eigenvalue weighted by Gasteiger charge is 2.21. The van der Waals surface area contributed by atoms with E-state index in [0.29, 0.717) is 10.3 Å². The minimum atomic E-state index is -0.686. The van der Waals surface area contributed by atoms with E-state index < -0.39 is 6.10 Å². The van der Waals surface area contributed by atoms with Gasteiger partial charge in [0.2, 0.25) is 0 Å². The Bertz CT molecular complexity index is 624. The van der Waals surface area contributed by atoms with Crippen LogP contribution in [0.3, 0.4) is 0 Å². The van der Waals surface area contributed by atoms with Gasteiger partial charge < -0.3 is 5.11 Å². The number of hydrogen-bond acceptors (Lipinski definition) is 5. The van der Waals surface area contributed by atoms with E-state index in [1.54, 1.807) is 34.4 Å². The molecule has 0 aliphatic carbocycles. The fourth-order valence-corrected chi connectivity index (χ4v) is 4.34. The number of thiophene rings is 2. The van der Waals surface area contributed by atoms with E-state index in [1.807, 2.05) is 6.07 Å². The maximum Gasteiger partial charge on any atom is 0.154 e. The Hall–Kier alpha value is -0.760. The molecule has 88 valence electrons. The van der Waals surface area contributed by atoms with Gasteiger partial charge in [0.15, 0.2) is 4.60 Å². The van der Waals surface area contributed by atoms with E-state index in [0.717, 1.165) is 4.88 Å².